The smallest absolute Gasteiger partial charge is 0.398 e. The van der Waals surface area contributed by atoms with Crippen molar-refractivity contribution < 1.29 is 8.63 Å². The lowest BCUT2D eigenvalue weighted by Crippen LogP contribution is -1.94. The summed E-state index contributed by atoms with van der Waals surface area (Å²) >= 11 is 0. The minimum atomic E-state index is -1.26. The van der Waals surface area contributed by atoms with Crippen molar-refractivity contribution in [2.45, 2.75) is 5.09 Å². The van der Waals surface area contributed by atoms with Crippen LogP contribution in [-0.4, -0.2) is 9.19 Å². The summed E-state index contributed by atoms with van der Waals surface area (Å²) in [6.07, 6.45) is 1.57. The maximum atomic E-state index is 10.9. The molecule has 2 heterocycles. The van der Waals surface area contributed by atoms with Crippen LogP contribution < -0.4 is 5.76 Å². The molecule has 1 N–H and O–H groups in total. The molecule has 0 radical (unpaired) electrons. The van der Waals surface area contributed by atoms with Gasteiger partial charge in [-0.3, -0.25) is 4.98 Å². The summed E-state index contributed by atoms with van der Waals surface area (Å²) in [5, 5.41) is 1.69. The second-order valence-electron chi connectivity index (χ2n) is 1.82. The molecule has 0 saturated heterocycles. The average Bonchev–Trinajstić information content (AvgIpc) is 2.35. The third kappa shape index (κ3) is 0.607. The van der Waals surface area contributed by atoms with Gasteiger partial charge in [-0.1, -0.05) is 0 Å². The number of aromatic amines is 1. The van der Waals surface area contributed by atoms with Gasteiger partial charge in [0.25, 0.3) is 0 Å². The van der Waals surface area contributed by atoms with E-state index in [1.54, 1.807) is 6.08 Å². The van der Waals surface area contributed by atoms with Crippen molar-refractivity contribution in [3.63, 3.8) is 0 Å². The highest BCUT2D eigenvalue weighted by molar-refractivity contribution is 7.88. The van der Waals surface area contributed by atoms with Crippen LogP contribution in [0.2, 0.25) is 0 Å². The summed E-state index contributed by atoms with van der Waals surface area (Å²) in [6, 6.07) is 0. The SMILES string of the molecule is O=c1[nH]c2c(o1)S(=O)C=C2. The van der Waals surface area contributed by atoms with Crippen LogP contribution in [0.4, 0.5) is 0 Å². The van der Waals surface area contributed by atoms with Gasteiger partial charge in [0.15, 0.2) is 0 Å². The molecule has 10 heavy (non-hydrogen) atoms. The van der Waals surface area contributed by atoms with Crippen LogP contribution in [0.15, 0.2) is 19.7 Å². The van der Waals surface area contributed by atoms with E-state index in [2.05, 4.69) is 9.40 Å². The lowest BCUT2D eigenvalue weighted by atomic mass is 10.5. The Morgan fingerprint density at radius 2 is 2.40 bits per heavy atom. The standard InChI is InChI=1S/C5H3NO3S/c7-5-6-3-1-2-10(8)4(3)9-5/h1-2H,(H,6,7). The number of hydrogen-bond acceptors (Lipinski definition) is 3. The van der Waals surface area contributed by atoms with Gasteiger partial charge in [-0.2, -0.15) is 0 Å². The van der Waals surface area contributed by atoms with Crippen molar-refractivity contribution >= 4 is 16.9 Å². The van der Waals surface area contributed by atoms with Gasteiger partial charge in [0, 0.05) is 5.41 Å². The maximum Gasteiger partial charge on any atom is 0.417 e. The van der Waals surface area contributed by atoms with Crippen molar-refractivity contribution in [2.24, 2.45) is 0 Å². The van der Waals surface area contributed by atoms with Gasteiger partial charge in [0.05, 0.1) is 5.69 Å². The molecule has 2 rings (SSSR count). The van der Waals surface area contributed by atoms with Gasteiger partial charge >= 0.3 is 5.76 Å². The Bertz CT molecular complexity index is 372. The molecule has 0 spiro atoms. The fourth-order valence-corrected chi connectivity index (χ4v) is 1.65. The Morgan fingerprint density at radius 1 is 1.60 bits per heavy atom. The summed E-state index contributed by atoms with van der Waals surface area (Å²) in [5.41, 5.74) is 0.517. The first-order valence-electron chi connectivity index (χ1n) is 2.59. The molecule has 1 unspecified atom stereocenters. The molecule has 4 nitrogen and oxygen atoms in total. The van der Waals surface area contributed by atoms with Crippen molar-refractivity contribution in [3.05, 3.63) is 21.7 Å². The van der Waals surface area contributed by atoms with Crippen LogP contribution in [0.3, 0.4) is 0 Å². The third-order valence-corrected chi connectivity index (χ3v) is 2.24. The number of aromatic nitrogens is 1. The number of hydrogen-bond donors (Lipinski definition) is 1. The first-order valence-corrected chi connectivity index (χ1v) is 3.80. The molecule has 0 aromatic carbocycles. The molecule has 5 heteroatoms. The van der Waals surface area contributed by atoms with E-state index in [-0.39, 0.29) is 5.09 Å². The molecule has 1 aliphatic heterocycles. The molecule has 1 aromatic heterocycles. The molecule has 1 atom stereocenters. The predicted octanol–water partition coefficient (Wildman–Crippen LogP) is 0.0598. The topological polar surface area (TPSA) is 63.1 Å². The van der Waals surface area contributed by atoms with Crippen LogP contribution in [0.5, 0.6) is 0 Å². The van der Waals surface area contributed by atoms with Crippen LogP contribution >= 0.6 is 0 Å². The van der Waals surface area contributed by atoms with Crippen molar-refractivity contribution in [2.75, 3.05) is 0 Å². The molecule has 0 bridgehead atoms. The molecule has 1 aromatic rings. The van der Waals surface area contributed by atoms with E-state index in [4.69, 9.17) is 0 Å². The Hall–Kier alpha value is -1.10. The van der Waals surface area contributed by atoms with Crippen molar-refractivity contribution in [1.29, 1.82) is 0 Å². The third-order valence-electron chi connectivity index (χ3n) is 1.18. The molecule has 0 saturated carbocycles. The first-order chi connectivity index (χ1) is 4.77. The van der Waals surface area contributed by atoms with E-state index >= 15 is 0 Å². The van der Waals surface area contributed by atoms with E-state index < -0.39 is 16.6 Å². The normalized spacial score (nSPS) is 21.4. The molecular formula is C5H3NO3S. The Balaban J connectivity index is 2.80. The summed E-state index contributed by atoms with van der Waals surface area (Å²) in [7, 11) is -1.26. The summed E-state index contributed by atoms with van der Waals surface area (Å²) in [4.78, 5) is 12.8. The minimum absolute atomic E-state index is 0.227. The number of rotatable bonds is 0. The number of H-pyrrole nitrogens is 1. The van der Waals surface area contributed by atoms with Gasteiger partial charge in [-0.05, 0) is 6.08 Å². The van der Waals surface area contributed by atoms with E-state index in [0.29, 0.717) is 5.69 Å². The summed E-state index contributed by atoms with van der Waals surface area (Å²) < 4.78 is 15.4. The zero-order valence-corrected chi connectivity index (χ0v) is 5.60. The number of oxazole rings is 1. The highest BCUT2D eigenvalue weighted by atomic mass is 32.2. The molecule has 0 amide bonds. The first kappa shape index (κ1) is 5.67. The Kier molecular flexibility index (Phi) is 0.960. The molecule has 52 valence electrons. The van der Waals surface area contributed by atoms with Gasteiger partial charge in [-0.25, -0.2) is 9.00 Å². The molecule has 0 fully saturated rings. The molecule has 1 aliphatic rings. The quantitative estimate of drug-likeness (QED) is 0.579. The fraction of sp³-hybridized carbons (Fsp3) is 0. The highest BCUT2D eigenvalue weighted by Crippen LogP contribution is 2.18. The highest BCUT2D eigenvalue weighted by Gasteiger charge is 2.17. The van der Waals surface area contributed by atoms with Gasteiger partial charge in [-0.15, -0.1) is 0 Å². The lowest BCUT2D eigenvalue weighted by Gasteiger charge is -1.78. The largest absolute Gasteiger partial charge is 0.417 e. The lowest BCUT2D eigenvalue weighted by molar-refractivity contribution is 0.429. The average molecular weight is 157 g/mol. The van der Waals surface area contributed by atoms with Gasteiger partial charge in [0.1, 0.15) is 10.8 Å². The Labute approximate surface area is 58.0 Å². The second kappa shape index (κ2) is 1.69. The monoisotopic (exact) mass is 157 g/mol. The number of nitrogens with one attached hydrogen (secondary N) is 1. The van der Waals surface area contributed by atoms with E-state index in [1.165, 1.54) is 5.41 Å². The van der Waals surface area contributed by atoms with Crippen molar-refractivity contribution in [1.82, 2.24) is 4.98 Å². The maximum absolute atomic E-state index is 10.9. The minimum Gasteiger partial charge on any atom is -0.398 e. The van der Waals surface area contributed by atoms with Gasteiger partial charge < -0.3 is 4.42 Å². The number of fused-ring (bicyclic) bond motifs is 1. The van der Waals surface area contributed by atoms with Gasteiger partial charge in [0.2, 0.25) is 5.09 Å². The van der Waals surface area contributed by atoms with E-state index in [1.807, 2.05) is 0 Å². The predicted molar refractivity (Wildman–Crippen MR) is 34.8 cm³/mol. The van der Waals surface area contributed by atoms with Crippen molar-refractivity contribution in [3.8, 4) is 0 Å². The summed E-state index contributed by atoms with van der Waals surface area (Å²) in [6.45, 7) is 0. The zero-order chi connectivity index (χ0) is 7.14. The molecule has 0 aliphatic carbocycles. The van der Waals surface area contributed by atoms with Crippen LogP contribution in [0.25, 0.3) is 6.08 Å². The van der Waals surface area contributed by atoms with E-state index in [9.17, 15) is 9.00 Å². The fourth-order valence-electron chi connectivity index (χ4n) is 0.776. The zero-order valence-electron chi connectivity index (χ0n) is 4.79. The Morgan fingerprint density at radius 3 is 3.10 bits per heavy atom. The van der Waals surface area contributed by atoms with E-state index in [0.717, 1.165) is 0 Å². The van der Waals surface area contributed by atoms with Crippen LogP contribution in [-0.2, 0) is 10.8 Å². The van der Waals surface area contributed by atoms with Crippen LogP contribution in [0, 0.1) is 0 Å². The summed E-state index contributed by atoms with van der Waals surface area (Å²) in [5.74, 6) is -0.553. The van der Waals surface area contributed by atoms with Crippen LogP contribution in [0.1, 0.15) is 5.69 Å². The molecular weight excluding hydrogens is 154 g/mol. The second-order valence-corrected chi connectivity index (χ2v) is 3.05.